The van der Waals surface area contributed by atoms with Gasteiger partial charge in [0.25, 0.3) is 0 Å². The lowest BCUT2D eigenvalue weighted by Gasteiger charge is -2.18. The molecular formula is C11H16ClN3O2. The fourth-order valence-corrected chi connectivity index (χ4v) is 1.95. The van der Waals surface area contributed by atoms with Gasteiger partial charge in [-0.05, 0) is 11.6 Å². The first-order valence-corrected chi connectivity index (χ1v) is 6.07. The van der Waals surface area contributed by atoms with Crippen LogP contribution in [0.25, 0.3) is 0 Å². The molecule has 1 aliphatic rings. The Labute approximate surface area is 105 Å². The lowest BCUT2D eigenvalue weighted by atomic mass is 10.1. The van der Waals surface area contributed by atoms with Crippen molar-refractivity contribution in [2.24, 2.45) is 0 Å². The fourth-order valence-electron chi connectivity index (χ4n) is 1.77. The maximum atomic E-state index is 5.87. The van der Waals surface area contributed by atoms with Gasteiger partial charge >= 0.3 is 0 Å². The Morgan fingerprint density at radius 2 is 2.24 bits per heavy atom. The van der Waals surface area contributed by atoms with Crippen LogP contribution < -0.4 is 10.1 Å². The molecule has 6 heteroatoms. The lowest BCUT2D eigenvalue weighted by molar-refractivity contribution is 0.170. The zero-order chi connectivity index (χ0) is 12.1. The second-order valence-corrected chi connectivity index (χ2v) is 4.18. The molecule has 17 heavy (non-hydrogen) atoms. The number of hydrogen-bond donors (Lipinski definition) is 1. The highest BCUT2D eigenvalue weighted by Gasteiger charge is 2.17. The second kappa shape index (κ2) is 6.14. The zero-order valence-electron chi connectivity index (χ0n) is 9.83. The summed E-state index contributed by atoms with van der Waals surface area (Å²) in [4.78, 5) is 8.36. The minimum absolute atomic E-state index is 0.257. The minimum Gasteiger partial charge on any atom is -0.477 e. The van der Waals surface area contributed by atoms with Crippen LogP contribution in [0.5, 0.6) is 5.88 Å². The predicted octanol–water partition coefficient (Wildman–Crippen LogP) is 1.19. The molecule has 0 spiro atoms. The van der Waals surface area contributed by atoms with Gasteiger partial charge in [-0.2, -0.15) is 4.98 Å². The van der Waals surface area contributed by atoms with Crippen LogP contribution in [0.3, 0.4) is 0 Å². The van der Waals surface area contributed by atoms with E-state index in [9.17, 15) is 0 Å². The van der Waals surface area contributed by atoms with Gasteiger partial charge in [-0.1, -0.05) is 0 Å². The summed E-state index contributed by atoms with van der Waals surface area (Å²) >= 11 is 5.87. The van der Waals surface area contributed by atoms with E-state index < -0.39 is 0 Å². The van der Waals surface area contributed by atoms with Crippen molar-refractivity contribution >= 4 is 11.6 Å². The van der Waals surface area contributed by atoms with Crippen LogP contribution in [-0.2, 0) is 17.7 Å². The fraction of sp³-hybridized carbons (Fsp3) is 0.636. The Morgan fingerprint density at radius 3 is 3.06 bits per heavy atom. The Kier molecular flexibility index (Phi) is 4.53. The van der Waals surface area contributed by atoms with E-state index in [1.165, 1.54) is 0 Å². The Balaban J connectivity index is 2.07. The van der Waals surface area contributed by atoms with Crippen LogP contribution in [0.15, 0.2) is 0 Å². The topological polar surface area (TPSA) is 56.3 Å². The zero-order valence-corrected chi connectivity index (χ0v) is 10.6. The number of nitrogens with one attached hydrogen (secondary N) is 1. The first kappa shape index (κ1) is 12.5. The SMILES string of the molecule is COCCCOc1nc(Cl)nc2c1CNCC2. The van der Waals surface area contributed by atoms with Crippen molar-refractivity contribution in [3.63, 3.8) is 0 Å². The van der Waals surface area contributed by atoms with E-state index in [-0.39, 0.29) is 5.28 Å². The molecule has 94 valence electrons. The van der Waals surface area contributed by atoms with Crippen LogP contribution >= 0.6 is 11.6 Å². The monoisotopic (exact) mass is 257 g/mol. The second-order valence-electron chi connectivity index (χ2n) is 3.84. The van der Waals surface area contributed by atoms with Crippen molar-refractivity contribution in [3.05, 3.63) is 16.5 Å². The molecule has 2 rings (SSSR count). The molecule has 2 heterocycles. The molecule has 1 aliphatic heterocycles. The van der Waals surface area contributed by atoms with Crippen molar-refractivity contribution in [2.45, 2.75) is 19.4 Å². The summed E-state index contributed by atoms with van der Waals surface area (Å²) in [7, 11) is 1.67. The summed E-state index contributed by atoms with van der Waals surface area (Å²) in [5, 5.41) is 3.53. The molecule has 0 radical (unpaired) electrons. The molecule has 1 N–H and O–H groups in total. The molecule has 0 atom stereocenters. The number of methoxy groups -OCH3 is 1. The number of rotatable bonds is 5. The van der Waals surface area contributed by atoms with E-state index in [1.807, 2.05) is 0 Å². The first-order chi connectivity index (χ1) is 8.31. The van der Waals surface area contributed by atoms with Crippen LogP contribution in [0.2, 0.25) is 5.28 Å². The van der Waals surface area contributed by atoms with Gasteiger partial charge in [0.15, 0.2) is 0 Å². The van der Waals surface area contributed by atoms with Crippen LogP contribution in [0, 0.1) is 0 Å². The summed E-state index contributed by atoms with van der Waals surface area (Å²) in [6, 6.07) is 0. The molecule has 1 aromatic heterocycles. The van der Waals surface area contributed by atoms with Gasteiger partial charge in [-0.3, -0.25) is 0 Å². The van der Waals surface area contributed by atoms with Crippen molar-refractivity contribution in [1.29, 1.82) is 0 Å². The van der Waals surface area contributed by atoms with Crippen LogP contribution in [0.1, 0.15) is 17.7 Å². The highest BCUT2D eigenvalue weighted by atomic mass is 35.5. The Hall–Kier alpha value is -0.910. The summed E-state index contributed by atoms with van der Waals surface area (Å²) in [6.07, 6.45) is 1.70. The lowest BCUT2D eigenvalue weighted by Crippen LogP contribution is -2.26. The van der Waals surface area contributed by atoms with Crippen molar-refractivity contribution in [1.82, 2.24) is 15.3 Å². The number of hydrogen-bond acceptors (Lipinski definition) is 5. The quantitative estimate of drug-likeness (QED) is 0.634. The van der Waals surface area contributed by atoms with Gasteiger partial charge < -0.3 is 14.8 Å². The maximum Gasteiger partial charge on any atom is 0.225 e. The third-order valence-electron chi connectivity index (χ3n) is 2.60. The highest BCUT2D eigenvalue weighted by Crippen LogP contribution is 2.23. The van der Waals surface area contributed by atoms with Gasteiger partial charge in [0.05, 0.1) is 12.3 Å². The summed E-state index contributed by atoms with van der Waals surface area (Å²) in [5.41, 5.74) is 2.02. The van der Waals surface area contributed by atoms with E-state index in [0.717, 1.165) is 37.2 Å². The smallest absolute Gasteiger partial charge is 0.225 e. The molecule has 0 saturated carbocycles. The average Bonchev–Trinajstić information content (AvgIpc) is 2.34. The average molecular weight is 258 g/mol. The standard InChI is InChI=1S/C11H16ClN3O2/c1-16-5-2-6-17-10-8-7-13-4-3-9(8)14-11(12)15-10/h13H,2-7H2,1H3. The molecule has 0 fully saturated rings. The number of aromatic nitrogens is 2. The van der Waals surface area contributed by atoms with Crippen LogP contribution in [-0.4, -0.2) is 36.8 Å². The molecule has 1 aromatic rings. The van der Waals surface area contributed by atoms with E-state index in [0.29, 0.717) is 19.1 Å². The largest absolute Gasteiger partial charge is 0.477 e. The number of ether oxygens (including phenoxy) is 2. The molecule has 5 nitrogen and oxygen atoms in total. The Morgan fingerprint density at radius 1 is 1.35 bits per heavy atom. The first-order valence-electron chi connectivity index (χ1n) is 5.69. The molecule has 0 bridgehead atoms. The maximum absolute atomic E-state index is 5.87. The number of halogens is 1. The molecule has 0 saturated heterocycles. The van der Waals surface area contributed by atoms with Crippen molar-refractivity contribution in [3.8, 4) is 5.88 Å². The third kappa shape index (κ3) is 3.28. The number of nitrogens with zero attached hydrogens (tertiary/aromatic N) is 2. The molecule has 0 unspecified atom stereocenters. The highest BCUT2D eigenvalue weighted by molar-refractivity contribution is 6.28. The summed E-state index contributed by atoms with van der Waals surface area (Å²) in [5.74, 6) is 0.600. The van der Waals surface area contributed by atoms with Gasteiger partial charge in [-0.25, -0.2) is 4.98 Å². The van der Waals surface area contributed by atoms with Crippen molar-refractivity contribution < 1.29 is 9.47 Å². The third-order valence-corrected chi connectivity index (χ3v) is 2.77. The van der Waals surface area contributed by atoms with E-state index in [1.54, 1.807) is 7.11 Å². The van der Waals surface area contributed by atoms with Crippen LogP contribution in [0.4, 0.5) is 0 Å². The van der Waals surface area contributed by atoms with Crippen molar-refractivity contribution in [2.75, 3.05) is 26.9 Å². The van der Waals surface area contributed by atoms with E-state index >= 15 is 0 Å². The van der Waals surface area contributed by atoms with Gasteiger partial charge in [0.1, 0.15) is 0 Å². The molecule has 0 aliphatic carbocycles. The predicted molar refractivity (Wildman–Crippen MR) is 64.4 cm³/mol. The molecular weight excluding hydrogens is 242 g/mol. The van der Waals surface area contributed by atoms with Gasteiger partial charge in [-0.15, -0.1) is 0 Å². The van der Waals surface area contributed by atoms with Gasteiger partial charge in [0.2, 0.25) is 11.2 Å². The molecule has 0 amide bonds. The Bertz CT molecular complexity index is 387. The molecule has 0 aromatic carbocycles. The summed E-state index contributed by atoms with van der Waals surface area (Å²) < 4.78 is 10.6. The number of fused-ring (bicyclic) bond motifs is 1. The van der Waals surface area contributed by atoms with E-state index in [2.05, 4.69) is 15.3 Å². The minimum atomic E-state index is 0.257. The summed E-state index contributed by atoms with van der Waals surface area (Å²) in [6.45, 7) is 2.92. The van der Waals surface area contributed by atoms with E-state index in [4.69, 9.17) is 21.1 Å². The normalized spacial score (nSPS) is 14.5. The van der Waals surface area contributed by atoms with Gasteiger partial charge in [0, 0.05) is 45.2 Å².